The molecule has 23 heavy (non-hydrogen) atoms. The van der Waals surface area contributed by atoms with Crippen LogP contribution in [-0.4, -0.2) is 9.55 Å². The van der Waals surface area contributed by atoms with E-state index in [0.29, 0.717) is 10.4 Å². The minimum absolute atomic E-state index is 0.138. The molecule has 4 rings (SSSR count). The lowest BCUT2D eigenvalue weighted by molar-refractivity contribution is 0.650. The van der Waals surface area contributed by atoms with Crippen molar-refractivity contribution in [2.24, 2.45) is 0 Å². The van der Waals surface area contributed by atoms with Gasteiger partial charge < -0.3 is 0 Å². The Balaban J connectivity index is 2.19. The van der Waals surface area contributed by atoms with E-state index in [2.05, 4.69) is 16.5 Å². The van der Waals surface area contributed by atoms with Crippen LogP contribution in [0.3, 0.4) is 0 Å². The van der Waals surface area contributed by atoms with Crippen molar-refractivity contribution in [2.45, 2.75) is 32.6 Å². The van der Waals surface area contributed by atoms with Gasteiger partial charge in [0, 0.05) is 22.5 Å². The van der Waals surface area contributed by atoms with Gasteiger partial charge in [-0.2, -0.15) is 0 Å². The Labute approximate surface area is 139 Å². The lowest BCUT2D eigenvalue weighted by Gasteiger charge is -2.24. The maximum Gasteiger partial charge on any atom is 0.194 e. The van der Waals surface area contributed by atoms with Crippen molar-refractivity contribution in [3.63, 3.8) is 0 Å². The Hall–Kier alpha value is -2.13. The summed E-state index contributed by atoms with van der Waals surface area (Å²) in [7, 11) is 0. The van der Waals surface area contributed by atoms with Gasteiger partial charge in [-0.05, 0) is 62.4 Å². The number of aromatic nitrogens is 2. The molecule has 116 valence electrons. The van der Waals surface area contributed by atoms with Crippen LogP contribution >= 0.6 is 11.6 Å². The van der Waals surface area contributed by atoms with E-state index in [1.807, 2.05) is 30.3 Å². The van der Waals surface area contributed by atoms with Crippen LogP contribution in [0.2, 0.25) is 5.02 Å². The van der Waals surface area contributed by atoms with Crippen molar-refractivity contribution in [2.75, 3.05) is 0 Å². The molecule has 1 aromatic carbocycles. The first-order valence-corrected chi connectivity index (χ1v) is 8.32. The first-order chi connectivity index (χ1) is 11.2. The highest BCUT2D eigenvalue weighted by Crippen LogP contribution is 2.28. The second kappa shape index (κ2) is 5.50. The number of rotatable bonds is 1. The van der Waals surface area contributed by atoms with E-state index in [9.17, 15) is 4.79 Å². The van der Waals surface area contributed by atoms with E-state index in [4.69, 9.17) is 11.6 Å². The van der Waals surface area contributed by atoms with E-state index >= 15 is 0 Å². The summed E-state index contributed by atoms with van der Waals surface area (Å²) in [5.74, 6) is 0. The number of aryl methyl sites for hydroxylation is 1. The second-order valence-corrected chi connectivity index (χ2v) is 6.54. The standard InChI is InChI=1S/C19H17ClN2O/c1-12-8-9-13(20)11-17(12)22-16-7-3-2-5-14(16)18(23)15-6-4-10-21-19(15)22/h4,6,8-11H,2-3,5,7H2,1H3. The number of benzene rings is 1. The minimum Gasteiger partial charge on any atom is -0.297 e. The molecule has 0 unspecified atom stereocenters. The summed E-state index contributed by atoms with van der Waals surface area (Å²) in [6.07, 6.45) is 5.67. The van der Waals surface area contributed by atoms with Gasteiger partial charge in [-0.25, -0.2) is 4.98 Å². The smallest absolute Gasteiger partial charge is 0.194 e. The van der Waals surface area contributed by atoms with E-state index in [0.717, 1.165) is 53.8 Å². The third-order valence-electron chi connectivity index (χ3n) is 4.64. The van der Waals surface area contributed by atoms with Crippen molar-refractivity contribution < 1.29 is 0 Å². The predicted octanol–water partition coefficient (Wildman–Crippen LogP) is 4.23. The molecule has 2 aromatic heterocycles. The van der Waals surface area contributed by atoms with Gasteiger partial charge in [-0.1, -0.05) is 17.7 Å². The molecule has 1 aliphatic carbocycles. The number of fused-ring (bicyclic) bond motifs is 2. The molecule has 0 spiro atoms. The highest BCUT2D eigenvalue weighted by atomic mass is 35.5. The molecule has 0 saturated heterocycles. The summed E-state index contributed by atoms with van der Waals surface area (Å²) in [6.45, 7) is 2.06. The molecule has 0 N–H and O–H groups in total. The van der Waals surface area contributed by atoms with Gasteiger partial charge in [0.15, 0.2) is 5.43 Å². The monoisotopic (exact) mass is 324 g/mol. The van der Waals surface area contributed by atoms with Crippen LogP contribution in [0.25, 0.3) is 16.7 Å². The number of hydrogen-bond donors (Lipinski definition) is 0. The average molecular weight is 325 g/mol. The summed E-state index contributed by atoms with van der Waals surface area (Å²) < 4.78 is 2.15. The van der Waals surface area contributed by atoms with Crippen molar-refractivity contribution >= 4 is 22.6 Å². The zero-order valence-corrected chi connectivity index (χ0v) is 13.7. The molecule has 0 amide bonds. The predicted molar refractivity (Wildman–Crippen MR) is 93.7 cm³/mol. The zero-order valence-electron chi connectivity index (χ0n) is 13.0. The quantitative estimate of drug-likeness (QED) is 0.671. The molecule has 0 fully saturated rings. The van der Waals surface area contributed by atoms with Gasteiger partial charge in [0.25, 0.3) is 0 Å². The normalized spacial score (nSPS) is 14.0. The number of pyridine rings is 2. The SMILES string of the molecule is Cc1ccc(Cl)cc1-n1c2c(c(=O)c3cccnc31)CCCC2. The lowest BCUT2D eigenvalue weighted by atomic mass is 9.93. The summed E-state index contributed by atoms with van der Waals surface area (Å²) in [4.78, 5) is 17.3. The largest absolute Gasteiger partial charge is 0.297 e. The fourth-order valence-electron chi connectivity index (χ4n) is 3.51. The molecule has 0 saturated carbocycles. The maximum absolute atomic E-state index is 12.8. The Morgan fingerprint density at radius 2 is 2.00 bits per heavy atom. The van der Waals surface area contributed by atoms with Crippen molar-refractivity contribution in [1.82, 2.24) is 9.55 Å². The summed E-state index contributed by atoms with van der Waals surface area (Å²) >= 11 is 6.24. The van der Waals surface area contributed by atoms with Gasteiger partial charge in [0.2, 0.25) is 0 Å². The molecule has 4 heteroatoms. The summed E-state index contributed by atoms with van der Waals surface area (Å²) in [5, 5.41) is 1.38. The van der Waals surface area contributed by atoms with Crippen LogP contribution in [0.15, 0.2) is 41.3 Å². The number of nitrogens with zero attached hydrogens (tertiary/aromatic N) is 2. The molecule has 0 radical (unpaired) electrons. The number of hydrogen-bond acceptors (Lipinski definition) is 2. The van der Waals surface area contributed by atoms with Crippen LogP contribution < -0.4 is 5.43 Å². The zero-order chi connectivity index (χ0) is 16.0. The first-order valence-electron chi connectivity index (χ1n) is 7.95. The fourth-order valence-corrected chi connectivity index (χ4v) is 3.67. The Kier molecular flexibility index (Phi) is 3.46. The van der Waals surface area contributed by atoms with E-state index < -0.39 is 0 Å². The van der Waals surface area contributed by atoms with Crippen LogP contribution in [0, 0.1) is 6.92 Å². The molecular weight excluding hydrogens is 308 g/mol. The minimum atomic E-state index is 0.138. The molecule has 1 aliphatic rings. The Morgan fingerprint density at radius 1 is 1.17 bits per heavy atom. The van der Waals surface area contributed by atoms with Gasteiger partial charge in [-0.3, -0.25) is 9.36 Å². The third-order valence-corrected chi connectivity index (χ3v) is 4.87. The molecule has 0 atom stereocenters. The van der Waals surface area contributed by atoms with Gasteiger partial charge in [0.05, 0.1) is 11.1 Å². The average Bonchev–Trinajstić information content (AvgIpc) is 2.58. The fraction of sp³-hybridized carbons (Fsp3) is 0.263. The van der Waals surface area contributed by atoms with E-state index in [1.165, 1.54) is 0 Å². The molecule has 3 nitrogen and oxygen atoms in total. The number of halogens is 1. The Bertz CT molecular complexity index is 975. The summed E-state index contributed by atoms with van der Waals surface area (Å²) in [5.41, 5.74) is 5.04. The molecule has 0 bridgehead atoms. The van der Waals surface area contributed by atoms with Crippen molar-refractivity contribution in [3.8, 4) is 5.69 Å². The molecule has 0 aliphatic heterocycles. The van der Waals surface area contributed by atoms with Crippen LogP contribution in [0.5, 0.6) is 0 Å². The van der Waals surface area contributed by atoms with Gasteiger partial charge in [0.1, 0.15) is 5.65 Å². The van der Waals surface area contributed by atoms with Crippen LogP contribution in [0.4, 0.5) is 0 Å². The first kappa shape index (κ1) is 14.5. The van der Waals surface area contributed by atoms with Gasteiger partial charge in [-0.15, -0.1) is 0 Å². The van der Waals surface area contributed by atoms with Crippen LogP contribution in [0.1, 0.15) is 29.7 Å². The third kappa shape index (κ3) is 2.27. The Morgan fingerprint density at radius 3 is 2.87 bits per heavy atom. The lowest BCUT2D eigenvalue weighted by Crippen LogP contribution is -2.23. The van der Waals surface area contributed by atoms with Crippen molar-refractivity contribution in [3.05, 3.63) is 68.6 Å². The summed E-state index contributed by atoms with van der Waals surface area (Å²) in [6, 6.07) is 9.57. The van der Waals surface area contributed by atoms with Crippen molar-refractivity contribution in [1.29, 1.82) is 0 Å². The molecular formula is C19H17ClN2O. The van der Waals surface area contributed by atoms with E-state index in [-0.39, 0.29) is 5.43 Å². The molecule has 3 aromatic rings. The second-order valence-electron chi connectivity index (χ2n) is 6.10. The highest BCUT2D eigenvalue weighted by molar-refractivity contribution is 6.30. The highest BCUT2D eigenvalue weighted by Gasteiger charge is 2.21. The molecule has 2 heterocycles. The van der Waals surface area contributed by atoms with Gasteiger partial charge >= 0.3 is 0 Å². The topological polar surface area (TPSA) is 34.9 Å². The maximum atomic E-state index is 12.8. The van der Waals surface area contributed by atoms with E-state index in [1.54, 1.807) is 6.20 Å². The van der Waals surface area contributed by atoms with Crippen LogP contribution in [-0.2, 0) is 12.8 Å².